The van der Waals surface area contributed by atoms with Gasteiger partial charge in [-0.2, -0.15) is 0 Å². The predicted octanol–water partition coefficient (Wildman–Crippen LogP) is 1.24. The van der Waals surface area contributed by atoms with E-state index in [9.17, 15) is 9.59 Å². The Bertz CT molecular complexity index is 435. The van der Waals surface area contributed by atoms with E-state index in [1.54, 1.807) is 12.6 Å². The molecule has 1 aromatic rings. The van der Waals surface area contributed by atoms with Crippen LogP contribution in [0.2, 0.25) is 0 Å². The van der Waals surface area contributed by atoms with Gasteiger partial charge in [-0.3, -0.25) is 0 Å². The van der Waals surface area contributed by atoms with Crippen molar-refractivity contribution in [2.24, 2.45) is 0 Å². The number of thiazole rings is 1. The minimum absolute atomic E-state index is 0.243. The van der Waals surface area contributed by atoms with Crippen LogP contribution in [0, 0.1) is 0 Å². The summed E-state index contributed by atoms with van der Waals surface area (Å²) in [5, 5.41) is 10.9. The number of aromatic nitrogens is 1. The van der Waals surface area contributed by atoms with E-state index in [1.807, 2.05) is 5.38 Å². The summed E-state index contributed by atoms with van der Waals surface area (Å²) in [6.45, 7) is 0.919. The van der Waals surface area contributed by atoms with Crippen molar-refractivity contribution in [1.29, 1.82) is 0 Å². The molecule has 1 saturated heterocycles. The molecule has 1 atom stereocenters. The number of rotatable bonds is 3. The molecule has 2 rings (SSSR count). The Morgan fingerprint density at radius 2 is 2.44 bits per heavy atom. The highest BCUT2D eigenvalue weighted by Crippen LogP contribution is 2.19. The van der Waals surface area contributed by atoms with Crippen LogP contribution in [0.4, 0.5) is 4.79 Å². The fourth-order valence-electron chi connectivity index (χ4n) is 2.10. The molecule has 0 saturated carbocycles. The first-order valence-electron chi connectivity index (χ1n) is 5.71. The number of carbonyl (C=O) groups excluding carboxylic acids is 1. The summed E-state index contributed by atoms with van der Waals surface area (Å²) >= 11 is 1.47. The monoisotopic (exact) mass is 269 g/mol. The third kappa shape index (κ3) is 2.61. The summed E-state index contributed by atoms with van der Waals surface area (Å²) in [6.07, 6.45) is 1.28. The number of nitrogens with zero attached hydrogens (tertiary/aromatic N) is 3. The molecule has 98 valence electrons. The van der Waals surface area contributed by atoms with Crippen LogP contribution in [0.1, 0.15) is 18.5 Å². The van der Waals surface area contributed by atoms with Gasteiger partial charge < -0.3 is 14.9 Å². The van der Waals surface area contributed by atoms with Crippen molar-refractivity contribution >= 4 is 23.3 Å². The predicted molar refractivity (Wildman–Crippen MR) is 66.3 cm³/mol. The zero-order valence-corrected chi connectivity index (χ0v) is 10.9. The smallest absolute Gasteiger partial charge is 0.326 e. The van der Waals surface area contributed by atoms with Crippen molar-refractivity contribution in [1.82, 2.24) is 14.8 Å². The number of amides is 2. The molecule has 1 N–H and O–H groups in total. The second kappa shape index (κ2) is 5.34. The van der Waals surface area contributed by atoms with Gasteiger partial charge in [-0.15, -0.1) is 11.3 Å². The van der Waals surface area contributed by atoms with Gasteiger partial charge in [0.25, 0.3) is 0 Å². The third-order valence-electron chi connectivity index (χ3n) is 2.99. The van der Waals surface area contributed by atoms with E-state index < -0.39 is 12.0 Å². The quantitative estimate of drug-likeness (QED) is 0.896. The molecule has 18 heavy (non-hydrogen) atoms. The van der Waals surface area contributed by atoms with Gasteiger partial charge in [-0.05, 0) is 12.8 Å². The Hall–Kier alpha value is -1.63. The number of aliphatic carboxylic acids is 1. The maximum Gasteiger partial charge on any atom is 0.326 e. The molecule has 0 aliphatic carbocycles. The van der Waals surface area contributed by atoms with Crippen LogP contribution in [-0.2, 0) is 11.3 Å². The Balaban J connectivity index is 1.99. The standard InChI is InChI=1S/C11H15N3O3S/c1-13(5-8-6-18-7-12-8)11(17)14-4-2-3-9(14)10(15)16/h6-7,9H,2-5H2,1H3,(H,15,16)/t9-/m0/s1. The number of hydrogen-bond donors (Lipinski definition) is 1. The molecule has 2 amide bonds. The van der Waals surface area contributed by atoms with Crippen molar-refractivity contribution < 1.29 is 14.7 Å². The van der Waals surface area contributed by atoms with Gasteiger partial charge in [-0.25, -0.2) is 14.6 Å². The van der Waals surface area contributed by atoms with E-state index in [1.165, 1.54) is 21.1 Å². The van der Waals surface area contributed by atoms with Crippen LogP contribution in [0.5, 0.6) is 0 Å². The normalized spacial score (nSPS) is 18.9. The fraction of sp³-hybridized carbons (Fsp3) is 0.545. The summed E-state index contributed by atoms with van der Waals surface area (Å²) < 4.78 is 0. The lowest BCUT2D eigenvalue weighted by Gasteiger charge is -2.27. The maximum absolute atomic E-state index is 12.2. The molecule has 0 spiro atoms. The SMILES string of the molecule is CN(Cc1cscn1)C(=O)N1CCC[C@H]1C(=O)O. The van der Waals surface area contributed by atoms with Gasteiger partial charge in [0.1, 0.15) is 6.04 Å². The molecule has 6 nitrogen and oxygen atoms in total. The molecule has 1 aliphatic heterocycles. The van der Waals surface area contributed by atoms with Crippen molar-refractivity contribution in [2.45, 2.75) is 25.4 Å². The lowest BCUT2D eigenvalue weighted by molar-refractivity contribution is -0.141. The van der Waals surface area contributed by atoms with E-state index in [-0.39, 0.29) is 6.03 Å². The molecule has 1 aromatic heterocycles. The Morgan fingerprint density at radius 1 is 1.67 bits per heavy atom. The summed E-state index contributed by atoms with van der Waals surface area (Å²) in [7, 11) is 1.67. The first-order chi connectivity index (χ1) is 8.59. The molecule has 0 aromatic carbocycles. The minimum Gasteiger partial charge on any atom is -0.480 e. The Kier molecular flexibility index (Phi) is 3.81. The molecule has 2 heterocycles. The molecule has 0 unspecified atom stereocenters. The average Bonchev–Trinajstić information content (AvgIpc) is 2.97. The second-order valence-corrected chi connectivity index (χ2v) is 5.03. The molecular formula is C11H15N3O3S. The highest BCUT2D eigenvalue weighted by atomic mass is 32.1. The highest BCUT2D eigenvalue weighted by Gasteiger charge is 2.35. The van der Waals surface area contributed by atoms with Crippen LogP contribution in [-0.4, -0.2) is 51.5 Å². The van der Waals surface area contributed by atoms with Crippen LogP contribution in [0.25, 0.3) is 0 Å². The van der Waals surface area contributed by atoms with Crippen molar-refractivity contribution in [3.63, 3.8) is 0 Å². The molecule has 7 heteroatoms. The highest BCUT2D eigenvalue weighted by molar-refractivity contribution is 7.07. The summed E-state index contributed by atoms with van der Waals surface area (Å²) in [4.78, 5) is 30.2. The van der Waals surface area contributed by atoms with Crippen molar-refractivity contribution in [2.75, 3.05) is 13.6 Å². The molecule has 0 radical (unpaired) electrons. The fourth-order valence-corrected chi connectivity index (χ4v) is 2.65. The van der Waals surface area contributed by atoms with Crippen molar-refractivity contribution in [3.8, 4) is 0 Å². The largest absolute Gasteiger partial charge is 0.480 e. The Morgan fingerprint density at radius 3 is 3.06 bits per heavy atom. The first-order valence-corrected chi connectivity index (χ1v) is 6.65. The van der Waals surface area contributed by atoms with Crippen LogP contribution < -0.4 is 0 Å². The lowest BCUT2D eigenvalue weighted by Crippen LogP contribution is -2.46. The van der Waals surface area contributed by atoms with Gasteiger partial charge in [0.2, 0.25) is 0 Å². The number of carboxylic acid groups (broad SMARTS) is 1. The average molecular weight is 269 g/mol. The number of likely N-dealkylation sites (tertiary alicyclic amines) is 1. The van der Waals surface area contributed by atoms with Gasteiger partial charge in [-0.1, -0.05) is 0 Å². The van der Waals surface area contributed by atoms with Gasteiger partial charge in [0, 0.05) is 19.0 Å². The summed E-state index contributed by atoms with van der Waals surface area (Å²) in [5.41, 5.74) is 2.53. The van der Waals surface area contributed by atoms with Crippen LogP contribution in [0.3, 0.4) is 0 Å². The number of urea groups is 1. The number of carbonyl (C=O) groups is 2. The summed E-state index contributed by atoms with van der Waals surface area (Å²) in [5.74, 6) is -0.928. The van der Waals surface area contributed by atoms with E-state index in [2.05, 4.69) is 4.98 Å². The van der Waals surface area contributed by atoms with E-state index in [0.29, 0.717) is 19.5 Å². The second-order valence-electron chi connectivity index (χ2n) is 4.31. The minimum atomic E-state index is -0.928. The van der Waals surface area contributed by atoms with Gasteiger partial charge >= 0.3 is 12.0 Å². The molecule has 1 fully saturated rings. The zero-order valence-electron chi connectivity index (χ0n) is 10.1. The number of carboxylic acids is 1. The number of hydrogen-bond acceptors (Lipinski definition) is 4. The van der Waals surface area contributed by atoms with Crippen LogP contribution >= 0.6 is 11.3 Å². The van der Waals surface area contributed by atoms with Gasteiger partial charge in [0.15, 0.2) is 0 Å². The first kappa shape index (κ1) is 12.8. The topological polar surface area (TPSA) is 73.7 Å². The maximum atomic E-state index is 12.2. The molecular weight excluding hydrogens is 254 g/mol. The Labute approximate surface area is 109 Å². The van der Waals surface area contributed by atoms with E-state index in [4.69, 9.17) is 5.11 Å². The summed E-state index contributed by atoms with van der Waals surface area (Å²) in [6, 6.07) is -0.928. The van der Waals surface area contributed by atoms with E-state index in [0.717, 1.165) is 12.1 Å². The lowest BCUT2D eigenvalue weighted by atomic mass is 10.2. The van der Waals surface area contributed by atoms with Gasteiger partial charge in [0.05, 0.1) is 17.7 Å². The molecule has 0 bridgehead atoms. The zero-order chi connectivity index (χ0) is 13.1. The van der Waals surface area contributed by atoms with Crippen molar-refractivity contribution in [3.05, 3.63) is 16.6 Å². The third-order valence-corrected chi connectivity index (χ3v) is 3.63. The van der Waals surface area contributed by atoms with Crippen LogP contribution in [0.15, 0.2) is 10.9 Å². The molecule has 1 aliphatic rings. The van der Waals surface area contributed by atoms with E-state index >= 15 is 0 Å².